The van der Waals surface area contributed by atoms with Crippen molar-refractivity contribution in [3.63, 3.8) is 0 Å². The van der Waals surface area contributed by atoms with E-state index in [1.807, 2.05) is 59.2 Å². The number of anilines is 1. The normalized spacial score (nSPS) is 10.6. The van der Waals surface area contributed by atoms with Crippen molar-refractivity contribution in [1.29, 1.82) is 0 Å². The first kappa shape index (κ1) is 9.86. The number of fused-ring (bicyclic) bond motifs is 1. The zero-order valence-corrected chi connectivity index (χ0v) is 9.17. The predicted octanol–water partition coefficient (Wildman–Crippen LogP) is 2.31. The van der Waals surface area contributed by atoms with Gasteiger partial charge < -0.3 is 0 Å². The molecule has 0 bridgehead atoms. The smallest absolute Gasteiger partial charge is 0.223 e. The maximum Gasteiger partial charge on any atom is 0.223 e. The van der Waals surface area contributed by atoms with Gasteiger partial charge in [0.2, 0.25) is 5.95 Å². The third-order valence-electron chi connectivity index (χ3n) is 2.70. The highest BCUT2D eigenvalue weighted by molar-refractivity contribution is 5.81. The molecule has 3 rings (SSSR count). The van der Waals surface area contributed by atoms with E-state index in [0.29, 0.717) is 5.95 Å². The standard InChI is InChI=1S/C13H12N4/c14-16-13-15-11-8-4-5-9-12(11)17(13)10-6-2-1-3-7-10/h1-9H,14H2,(H,15,16). The summed E-state index contributed by atoms with van der Waals surface area (Å²) in [6.45, 7) is 0. The lowest BCUT2D eigenvalue weighted by molar-refractivity contribution is 1.06. The van der Waals surface area contributed by atoms with Crippen LogP contribution in [-0.2, 0) is 0 Å². The molecule has 3 N–H and O–H groups in total. The van der Waals surface area contributed by atoms with E-state index in [1.54, 1.807) is 0 Å². The van der Waals surface area contributed by atoms with Gasteiger partial charge in [-0.15, -0.1) is 0 Å². The minimum absolute atomic E-state index is 0.636. The lowest BCUT2D eigenvalue weighted by Gasteiger charge is -2.07. The molecule has 0 aliphatic carbocycles. The topological polar surface area (TPSA) is 55.9 Å². The number of nitrogen functional groups attached to an aromatic ring is 1. The highest BCUT2D eigenvalue weighted by atomic mass is 15.3. The Hall–Kier alpha value is -2.33. The van der Waals surface area contributed by atoms with E-state index in [-0.39, 0.29) is 0 Å². The molecule has 0 aliphatic heterocycles. The second kappa shape index (κ2) is 3.92. The van der Waals surface area contributed by atoms with Crippen molar-refractivity contribution in [2.45, 2.75) is 0 Å². The van der Waals surface area contributed by atoms with Crippen molar-refractivity contribution in [2.24, 2.45) is 5.84 Å². The van der Waals surface area contributed by atoms with Gasteiger partial charge in [-0.1, -0.05) is 30.3 Å². The molecule has 0 aliphatic rings. The van der Waals surface area contributed by atoms with Gasteiger partial charge in [0, 0.05) is 5.69 Å². The van der Waals surface area contributed by atoms with Crippen LogP contribution < -0.4 is 11.3 Å². The van der Waals surface area contributed by atoms with Crippen molar-refractivity contribution in [3.8, 4) is 5.69 Å². The Morgan fingerprint density at radius 2 is 1.65 bits per heavy atom. The molecule has 1 aromatic heterocycles. The molecule has 2 aromatic carbocycles. The quantitative estimate of drug-likeness (QED) is 0.518. The van der Waals surface area contributed by atoms with Crippen molar-refractivity contribution >= 4 is 17.0 Å². The zero-order chi connectivity index (χ0) is 11.7. The average molecular weight is 224 g/mol. The van der Waals surface area contributed by atoms with Crippen LogP contribution in [0.15, 0.2) is 54.6 Å². The average Bonchev–Trinajstić information content (AvgIpc) is 2.78. The van der Waals surface area contributed by atoms with Crippen molar-refractivity contribution in [3.05, 3.63) is 54.6 Å². The summed E-state index contributed by atoms with van der Waals surface area (Å²) in [7, 11) is 0. The molecule has 0 spiro atoms. The monoisotopic (exact) mass is 224 g/mol. The first-order valence-corrected chi connectivity index (χ1v) is 5.39. The molecule has 0 radical (unpaired) electrons. The largest absolute Gasteiger partial charge is 0.293 e. The number of aromatic nitrogens is 2. The summed E-state index contributed by atoms with van der Waals surface area (Å²) in [5.41, 5.74) is 5.63. The number of para-hydroxylation sites is 3. The summed E-state index contributed by atoms with van der Waals surface area (Å²) >= 11 is 0. The Labute approximate surface area is 98.7 Å². The van der Waals surface area contributed by atoms with Crippen LogP contribution in [-0.4, -0.2) is 9.55 Å². The van der Waals surface area contributed by atoms with Crippen molar-refractivity contribution in [1.82, 2.24) is 9.55 Å². The molecule has 4 nitrogen and oxygen atoms in total. The summed E-state index contributed by atoms with van der Waals surface area (Å²) in [6.07, 6.45) is 0. The molecule has 0 amide bonds. The molecule has 3 aromatic rings. The lowest BCUT2D eigenvalue weighted by atomic mass is 10.3. The molecule has 4 heteroatoms. The molecule has 0 unspecified atom stereocenters. The fraction of sp³-hybridized carbons (Fsp3) is 0. The first-order valence-electron chi connectivity index (χ1n) is 5.39. The molecule has 84 valence electrons. The number of rotatable bonds is 2. The first-order chi connectivity index (χ1) is 8.40. The number of nitrogens with zero attached hydrogens (tertiary/aromatic N) is 2. The van der Waals surface area contributed by atoms with Crippen molar-refractivity contribution < 1.29 is 0 Å². The third-order valence-corrected chi connectivity index (χ3v) is 2.70. The van der Waals surface area contributed by atoms with E-state index < -0.39 is 0 Å². The van der Waals surface area contributed by atoms with E-state index in [0.717, 1.165) is 16.7 Å². The Morgan fingerprint density at radius 3 is 2.41 bits per heavy atom. The van der Waals surface area contributed by atoms with Crippen LogP contribution in [0.25, 0.3) is 16.7 Å². The maximum atomic E-state index is 5.52. The minimum atomic E-state index is 0.636. The molecule has 0 saturated carbocycles. The number of imidazole rings is 1. The summed E-state index contributed by atoms with van der Waals surface area (Å²) < 4.78 is 2.00. The van der Waals surface area contributed by atoms with E-state index >= 15 is 0 Å². The van der Waals surface area contributed by atoms with E-state index in [1.165, 1.54) is 0 Å². The zero-order valence-electron chi connectivity index (χ0n) is 9.17. The Kier molecular flexibility index (Phi) is 2.27. The van der Waals surface area contributed by atoms with Crippen molar-refractivity contribution in [2.75, 3.05) is 5.43 Å². The predicted molar refractivity (Wildman–Crippen MR) is 68.9 cm³/mol. The van der Waals surface area contributed by atoms with Crippen LogP contribution in [0.5, 0.6) is 0 Å². The van der Waals surface area contributed by atoms with Gasteiger partial charge in [-0.25, -0.2) is 10.8 Å². The summed E-state index contributed by atoms with van der Waals surface area (Å²) in [5.74, 6) is 6.15. The number of nitrogens with one attached hydrogen (secondary N) is 1. The van der Waals surface area contributed by atoms with Gasteiger partial charge in [-0.3, -0.25) is 9.99 Å². The highest BCUT2D eigenvalue weighted by Gasteiger charge is 2.10. The number of hydrazine groups is 1. The number of hydrogen-bond donors (Lipinski definition) is 2. The summed E-state index contributed by atoms with van der Waals surface area (Å²) in [5, 5.41) is 0. The highest BCUT2D eigenvalue weighted by Crippen LogP contribution is 2.23. The second-order valence-electron chi connectivity index (χ2n) is 3.74. The van der Waals surface area contributed by atoms with Crippen LogP contribution >= 0.6 is 0 Å². The van der Waals surface area contributed by atoms with Gasteiger partial charge in [0.05, 0.1) is 11.0 Å². The minimum Gasteiger partial charge on any atom is -0.293 e. The fourth-order valence-electron chi connectivity index (χ4n) is 1.96. The van der Waals surface area contributed by atoms with Crippen LogP contribution in [0.1, 0.15) is 0 Å². The van der Waals surface area contributed by atoms with Gasteiger partial charge in [0.15, 0.2) is 0 Å². The maximum absolute atomic E-state index is 5.52. The van der Waals surface area contributed by atoms with Crippen LogP contribution in [0.3, 0.4) is 0 Å². The van der Waals surface area contributed by atoms with E-state index in [9.17, 15) is 0 Å². The molecule has 0 fully saturated rings. The van der Waals surface area contributed by atoms with Gasteiger partial charge in [-0.2, -0.15) is 0 Å². The molecule has 1 heterocycles. The van der Waals surface area contributed by atoms with Gasteiger partial charge in [0.25, 0.3) is 0 Å². The Balaban J connectivity index is 2.34. The second-order valence-corrected chi connectivity index (χ2v) is 3.74. The Morgan fingerprint density at radius 1 is 0.941 bits per heavy atom. The van der Waals surface area contributed by atoms with E-state index in [2.05, 4.69) is 10.4 Å². The van der Waals surface area contributed by atoms with Gasteiger partial charge >= 0.3 is 0 Å². The Bertz CT molecular complexity index is 643. The third kappa shape index (κ3) is 1.55. The SMILES string of the molecule is NNc1nc2ccccc2n1-c1ccccc1. The molecule has 17 heavy (non-hydrogen) atoms. The number of benzene rings is 2. The molecule has 0 atom stereocenters. The summed E-state index contributed by atoms with van der Waals surface area (Å²) in [6, 6.07) is 18.0. The van der Waals surface area contributed by atoms with Crippen LogP contribution in [0.4, 0.5) is 5.95 Å². The molecular weight excluding hydrogens is 212 g/mol. The number of nitrogens with two attached hydrogens (primary N) is 1. The van der Waals surface area contributed by atoms with Crippen LogP contribution in [0.2, 0.25) is 0 Å². The van der Waals surface area contributed by atoms with E-state index in [4.69, 9.17) is 5.84 Å². The molecule has 0 saturated heterocycles. The van der Waals surface area contributed by atoms with Gasteiger partial charge in [0.1, 0.15) is 0 Å². The van der Waals surface area contributed by atoms with Gasteiger partial charge in [-0.05, 0) is 24.3 Å². The molecular formula is C13H12N4. The lowest BCUT2D eigenvalue weighted by Crippen LogP contribution is -2.12. The number of hydrogen-bond acceptors (Lipinski definition) is 3. The summed E-state index contributed by atoms with van der Waals surface area (Å²) in [4.78, 5) is 4.43. The van der Waals surface area contributed by atoms with Crippen LogP contribution in [0, 0.1) is 0 Å². The fourth-order valence-corrected chi connectivity index (χ4v) is 1.96.